The van der Waals surface area contributed by atoms with Gasteiger partial charge in [0.15, 0.2) is 0 Å². The van der Waals surface area contributed by atoms with Crippen LogP contribution >= 0.6 is 11.6 Å². The molecular weight excluding hydrogens is 420 g/mol. The number of ether oxygens (including phenoxy) is 1. The molecular formula is C26H25ClN4O. The lowest BCUT2D eigenvalue weighted by Gasteiger charge is -2.28. The van der Waals surface area contributed by atoms with E-state index >= 15 is 0 Å². The minimum Gasteiger partial charge on any atom is -0.381 e. The quantitative estimate of drug-likeness (QED) is 0.427. The molecule has 3 heterocycles. The lowest BCUT2D eigenvalue weighted by atomic mass is 10.0. The molecule has 1 aliphatic rings. The fourth-order valence-corrected chi connectivity index (χ4v) is 4.29. The predicted molar refractivity (Wildman–Crippen MR) is 132 cm³/mol. The number of aryl methyl sites for hydroxylation is 1. The van der Waals surface area contributed by atoms with Gasteiger partial charge in [0.1, 0.15) is 5.82 Å². The summed E-state index contributed by atoms with van der Waals surface area (Å²) in [7, 11) is 0. The zero-order valence-corrected chi connectivity index (χ0v) is 18.8. The second kappa shape index (κ2) is 9.15. The monoisotopic (exact) mass is 444 g/mol. The first kappa shape index (κ1) is 20.7. The van der Waals surface area contributed by atoms with Crippen molar-refractivity contribution in [3.63, 3.8) is 0 Å². The van der Waals surface area contributed by atoms with Crippen LogP contribution < -0.4 is 10.2 Å². The van der Waals surface area contributed by atoms with Crippen molar-refractivity contribution >= 4 is 33.9 Å². The lowest BCUT2D eigenvalue weighted by molar-refractivity contribution is 0.122. The Bertz CT molecular complexity index is 1250. The molecule has 4 aromatic rings. The highest BCUT2D eigenvalue weighted by atomic mass is 35.5. The van der Waals surface area contributed by atoms with E-state index in [1.807, 2.05) is 36.5 Å². The van der Waals surface area contributed by atoms with E-state index in [0.29, 0.717) is 11.6 Å². The minimum absolute atomic E-state index is 0.687. The molecule has 2 aromatic heterocycles. The summed E-state index contributed by atoms with van der Waals surface area (Å²) in [6.07, 6.45) is 1.83. The largest absolute Gasteiger partial charge is 0.381 e. The Hall–Kier alpha value is -3.15. The van der Waals surface area contributed by atoms with E-state index in [0.717, 1.165) is 65.5 Å². The molecule has 32 heavy (non-hydrogen) atoms. The van der Waals surface area contributed by atoms with Crippen LogP contribution in [0.1, 0.15) is 11.3 Å². The van der Waals surface area contributed by atoms with Crippen molar-refractivity contribution in [3.8, 4) is 11.3 Å². The van der Waals surface area contributed by atoms with Crippen molar-refractivity contribution in [2.45, 2.75) is 13.5 Å². The van der Waals surface area contributed by atoms with Crippen LogP contribution in [0.2, 0.25) is 5.02 Å². The van der Waals surface area contributed by atoms with Crippen LogP contribution in [0.25, 0.3) is 22.0 Å². The van der Waals surface area contributed by atoms with E-state index in [1.165, 1.54) is 5.56 Å². The standard InChI is InChI=1S/C26H25ClN4O/c1-18-20(6-9-25(30-18)31-12-14-32-15-13-31)17-29-21-7-8-24(27)23(16-21)26-22-5-3-2-4-19(22)10-11-28-26/h2-11,16,29H,12-15,17H2,1H3. The molecule has 0 saturated carbocycles. The predicted octanol–water partition coefficient (Wildman–Crippen LogP) is 5.71. The van der Waals surface area contributed by atoms with E-state index in [-0.39, 0.29) is 0 Å². The van der Waals surface area contributed by atoms with Gasteiger partial charge in [-0.05, 0) is 48.2 Å². The van der Waals surface area contributed by atoms with E-state index in [4.69, 9.17) is 21.3 Å². The van der Waals surface area contributed by atoms with Gasteiger partial charge in [0, 0.05) is 48.2 Å². The molecule has 0 spiro atoms. The zero-order valence-electron chi connectivity index (χ0n) is 18.0. The van der Waals surface area contributed by atoms with Gasteiger partial charge in [0.2, 0.25) is 0 Å². The van der Waals surface area contributed by atoms with Gasteiger partial charge in [-0.1, -0.05) is 41.9 Å². The van der Waals surface area contributed by atoms with Gasteiger partial charge in [-0.2, -0.15) is 0 Å². The van der Waals surface area contributed by atoms with Crippen molar-refractivity contribution < 1.29 is 4.74 Å². The summed E-state index contributed by atoms with van der Waals surface area (Å²) < 4.78 is 5.44. The van der Waals surface area contributed by atoms with Gasteiger partial charge < -0.3 is 15.0 Å². The maximum atomic E-state index is 6.57. The third-order valence-electron chi connectivity index (χ3n) is 5.89. The van der Waals surface area contributed by atoms with Gasteiger partial charge in [-0.3, -0.25) is 4.98 Å². The Kier molecular flexibility index (Phi) is 5.93. The Morgan fingerprint density at radius 3 is 2.72 bits per heavy atom. The Balaban J connectivity index is 1.37. The molecule has 0 aliphatic carbocycles. The highest BCUT2D eigenvalue weighted by Crippen LogP contribution is 2.34. The molecule has 1 N–H and O–H groups in total. The number of fused-ring (bicyclic) bond motifs is 1. The summed E-state index contributed by atoms with van der Waals surface area (Å²) >= 11 is 6.57. The molecule has 5 nitrogen and oxygen atoms in total. The molecule has 0 bridgehead atoms. The number of aromatic nitrogens is 2. The topological polar surface area (TPSA) is 50.3 Å². The first-order valence-corrected chi connectivity index (χ1v) is 11.2. The van der Waals surface area contributed by atoms with Crippen molar-refractivity contribution in [1.82, 2.24) is 9.97 Å². The molecule has 0 unspecified atom stereocenters. The maximum absolute atomic E-state index is 6.57. The Morgan fingerprint density at radius 2 is 1.88 bits per heavy atom. The fraction of sp³-hybridized carbons (Fsp3) is 0.231. The number of hydrogen-bond donors (Lipinski definition) is 1. The maximum Gasteiger partial charge on any atom is 0.128 e. The SMILES string of the molecule is Cc1nc(N2CCOCC2)ccc1CNc1ccc(Cl)c(-c2nccc3ccccc23)c1. The van der Waals surface area contributed by atoms with Crippen LogP contribution in [0.3, 0.4) is 0 Å². The molecule has 0 amide bonds. The summed E-state index contributed by atoms with van der Waals surface area (Å²) in [6, 6.07) is 20.5. The number of anilines is 2. The van der Waals surface area contributed by atoms with E-state index in [9.17, 15) is 0 Å². The Labute approximate surface area is 193 Å². The number of morpholine rings is 1. The van der Waals surface area contributed by atoms with Crippen LogP contribution in [0, 0.1) is 6.92 Å². The van der Waals surface area contributed by atoms with E-state index in [1.54, 1.807) is 0 Å². The number of nitrogens with zero attached hydrogens (tertiary/aromatic N) is 3. The highest BCUT2D eigenvalue weighted by Gasteiger charge is 2.14. The molecule has 1 fully saturated rings. The summed E-state index contributed by atoms with van der Waals surface area (Å²) in [4.78, 5) is 11.7. The number of nitrogens with one attached hydrogen (secondary N) is 1. The molecule has 1 saturated heterocycles. The lowest BCUT2D eigenvalue weighted by Crippen LogP contribution is -2.36. The van der Waals surface area contributed by atoms with Crippen LogP contribution in [0.15, 0.2) is 66.9 Å². The first-order chi connectivity index (χ1) is 15.7. The minimum atomic E-state index is 0.687. The van der Waals surface area contributed by atoms with Crippen LogP contribution in [-0.4, -0.2) is 36.3 Å². The van der Waals surface area contributed by atoms with Gasteiger partial charge in [0.25, 0.3) is 0 Å². The average Bonchev–Trinajstić information content (AvgIpc) is 2.84. The highest BCUT2D eigenvalue weighted by molar-refractivity contribution is 6.33. The number of hydrogen-bond acceptors (Lipinski definition) is 5. The second-order valence-corrected chi connectivity index (χ2v) is 8.35. The molecule has 0 radical (unpaired) electrons. The van der Waals surface area contributed by atoms with Gasteiger partial charge >= 0.3 is 0 Å². The summed E-state index contributed by atoms with van der Waals surface area (Å²) in [5.41, 5.74) is 5.01. The average molecular weight is 445 g/mol. The third-order valence-corrected chi connectivity index (χ3v) is 6.22. The molecule has 1 aliphatic heterocycles. The number of rotatable bonds is 5. The molecule has 6 heteroatoms. The molecule has 162 valence electrons. The van der Waals surface area contributed by atoms with Crippen LogP contribution in [-0.2, 0) is 11.3 Å². The second-order valence-electron chi connectivity index (χ2n) is 7.94. The van der Waals surface area contributed by atoms with Crippen molar-refractivity contribution in [2.24, 2.45) is 0 Å². The summed E-state index contributed by atoms with van der Waals surface area (Å²) in [6.45, 7) is 6.04. The van der Waals surface area contributed by atoms with Gasteiger partial charge in [-0.15, -0.1) is 0 Å². The number of halogens is 1. The smallest absolute Gasteiger partial charge is 0.128 e. The van der Waals surface area contributed by atoms with Crippen LogP contribution in [0.4, 0.5) is 11.5 Å². The number of benzene rings is 2. The van der Waals surface area contributed by atoms with E-state index < -0.39 is 0 Å². The molecule has 5 rings (SSSR count). The summed E-state index contributed by atoms with van der Waals surface area (Å²) in [5, 5.41) is 6.45. The zero-order chi connectivity index (χ0) is 21.9. The van der Waals surface area contributed by atoms with Crippen LogP contribution in [0.5, 0.6) is 0 Å². The fourth-order valence-electron chi connectivity index (χ4n) is 4.08. The van der Waals surface area contributed by atoms with Crippen molar-refractivity contribution in [2.75, 3.05) is 36.5 Å². The van der Waals surface area contributed by atoms with E-state index in [2.05, 4.69) is 52.5 Å². The molecule has 2 aromatic carbocycles. The Morgan fingerprint density at radius 1 is 1.03 bits per heavy atom. The summed E-state index contributed by atoms with van der Waals surface area (Å²) in [5.74, 6) is 1.02. The first-order valence-electron chi connectivity index (χ1n) is 10.9. The third kappa shape index (κ3) is 4.27. The van der Waals surface area contributed by atoms with Gasteiger partial charge in [0.05, 0.1) is 23.9 Å². The van der Waals surface area contributed by atoms with Gasteiger partial charge in [-0.25, -0.2) is 4.98 Å². The molecule has 0 atom stereocenters. The number of pyridine rings is 2. The van der Waals surface area contributed by atoms with Crippen molar-refractivity contribution in [1.29, 1.82) is 0 Å². The normalized spacial score (nSPS) is 14.0. The van der Waals surface area contributed by atoms with Crippen molar-refractivity contribution in [3.05, 3.63) is 83.1 Å².